The van der Waals surface area contributed by atoms with Gasteiger partial charge < -0.3 is 8.98 Å². The smallest absolute Gasteiger partial charge is 0.136 e. The zero-order valence-corrected chi connectivity index (χ0v) is 31.4. The van der Waals surface area contributed by atoms with E-state index in [2.05, 4.69) is 205 Å². The third-order valence-corrected chi connectivity index (χ3v) is 11.8. The lowest BCUT2D eigenvalue weighted by molar-refractivity contribution is 0.669. The Morgan fingerprint density at radius 1 is 0.345 bits per heavy atom. The lowest BCUT2D eigenvalue weighted by Gasteiger charge is -2.16. The lowest BCUT2D eigenvalue weighted by Crippen LogP contribution is -1.93. The minimum atomic E-state index is 0.864. The summed E-state index contributed by atoms with van der Waals surface area (Å²) in [5.41, 5.74) is 15.3. The van der Waals surface area contributed by atoms with Gasteiger partial charge in [-0.25, -0.2) is 4.98 Å². The third-order valence-electron chi connectivity index (χ3n) is 11.8. The zero-order valence-electron chi connectivity index (χ0n) is 31.4. The van der Waals surface area contributed by atoms with Gasteiger partial charge in [0.15, 0.2) is 0 Å². The maximum Gasteiger partial charge on any atom is 0.136 e. The molecule has 12 rings (SSSR count). The van der Waals surface area contributed by atoms with Crippen molar-refractivity contribution in [1.29, 1.82) is 0 Å². The van der Waals surface area contributed by atoms with Crippen molar-refractivity contribution in [2.75, 3.05) is 0 Å². The number of furan rings is 1. The van der Waals surface area contributed by atoms with Crippen molar-refractivity contribution in [2.24, 2.45) is 0 Å². The van der Waals surface area contributed by atoms with E-state index in [0.717, 1.165) is 66.3 Å². The first-order valence-electron chi connectivity index (χ1n) is 19.8. The van der Waals surface area contributed by atoms with Gasteiger partial charge in [-0.2, -0.15) is 0 Å². The van der Waals surface area contributed by atoms with Crippen molar-refractivity contribution >= 4 is 65.4 Å². The normalized spacial score (nSPS) is 11.8. The fourth-order valence-corrected chi connectivity index (χ4v) is 9.11. The van der Waals surface area contributed by atoms with Crippen LogP contribution in [0.15, 0.2) is 211 Å². The predicted octanol–water partition coefficient (Wildman–Crippen LogP) is 15.1. The molecule has 0 aliphatic heterocycles. The fourth-order valence-electron chi connectivity index (χ4n) is 9.11. The third kappa shape index (κ3) is 5.04. The molecule has 0 atom stereocenters. The number of pyridine rings is 1. The Bertz CT molecular complexity index is 3520. The molecule has 9 aromatic carbocycles. The van der Waals surface area contributed by atoms with Crippen LogP contribution in [0.4, 0.5) is 0 Å². The van der Waals surface area contributed by atoms with Crippen LogP contribution in [0, 0.1) is 0 Å². The molecule has 0 bridgehead atoms. The monoisotopic (exact) mass is 738 g/mol. The van der Waals surface area contributed by atoms with Crippen LogP contribution in [0.3, 0.4) is 0 Å². The number of nitrogens with zero attached hydrogens (tertiary/aromatic N) is 2. The molecule has 0 radical (unpaired) electrons. The summed E-state index contributed by atoms with van der Waals surface area (Å²) >= 11 is 0. The number of fused-ring (bicyclic) bond motifs is 9. The van der Waals surface area contributed by atoms with Crippen LogP contribution in [-0.2, 0) is 0 Å². The standard InChI is InChI=1S/C55H34N2O/c1-3-13-38(14-4-1)52-53-44-18-7-10-20-47(44)56-55(46(53)34-51-54(52)45-19-9-12-22-50(45)58-51)39-29-27-36(28-30-39)35-23-25-37(26-24-35)40-31-32-43-42-17-8-11-21-48(42)57(49(43)33-40)41-15-5-2-6-16-41/h1-34H. The molecular weight excluding hydrogens is 705 g/mol. The van der Waals surface area contributed by atoms with Crippen LogP contribution in [-0.4, -0.2) is 9.55 Å². The molecule has 0 spiro atoms. The van der Waals surface area contributed by atoms with Crippen LogP contribution >= 0.6 is 0 Å². The molecule has 0 saturated heterocycles. The van der Waals surface area contributed by atoms with Gasteiger partial charge in [0, 0.05) is 54.5 Å². The van der Waals surface area contributed by atoms with Gasteiger partial charge in [-0.3, -0.25) is 0 Å². The topological polar surface area (TPSA) is 31.0 Å². The number of aromatic nitrogens is 2. The summed E-state index contributed by atoms with van der Waals surface area (Å²) in [5, 5.41) is 8.16. The molecule has 3 nitrogen and oxygen atoms in total. The van der Waals surface area contributed by atoms with Crippen molar-refractivity contribution in [1.82, 2.24) is 9.55 Å². The molecule has 3 heteroatoms. The van der Waals surface area contributed by atoms with E-state index in [0.29, 0.717) is 0 Å². The van der Waals surface area contributed by atoms with Gasteiger partial charge in [0.1, 0.15) is 11.2 Å². The first-order chi connectivity index (χ1) is 28.8. The molecule has 0 N–H and O–H groups in total. The van der Waals surface area contributed by atoms with Gasteiger partial charge >= 0.3 is 0 Å². The molecule has 0 aliphatic carbocycles. The van der Waals surface area contributed by atoms with E-state index in [1.165, 1.54) is 49.4 Å². The number of hydrogen-bond acceptors (Lipinski definition) is 2. The van der Waals surface area contributed by atoms with Crippen molar-refractivity contribution < 1.29 is 4.42 Å². The van der Waals surface area contributed by atoms with Gasteiger partial charge in [-0.1, -0.05) is 164 Å². The van der Waals surface area contributed by atoms with Crippen LogP contribution < -0.4 is 0 Å². The maximum absolute atomic E-state index is 6.58. The second-order valence-electron chi connectivity index (χ2n) is 15.1. The molecule has 270 valence electrons. The molecule has 0 aliphatic rings. The summed E-state index contributed by atoms with van der Waals surface area (Å²) in [4.78, 5) is 5.33. The Morgan fingerprint density at radius 2 is 0.914 bits per heavy atom. The minimum absolute atomic E-state index is 0.864. The average Bonchev–Trinajstić information content (AvgIpc) is 3.84. The zero-order chi connectivity index (χ0) is 38.2. The van der Waals surface area contributed by atoms with E-state index < -0.39 is 0 Å². The van der Waals surface area contributed by atoms with E-state index in [9.17, 15) is 0 Å². The summed E-state index contributed by atoms with van der Waals surface area (Å²) in [6.07, 6.45) is 0. The molecule has 58 heavy (non-hydrogen) atoms. The summed E-state index contributed by atoms with van der Waals surface area (Å²) in [7, 11) is 0. The van der Waals surface area contributed by atoms with Gasteiger partial charge in [0.25, 0.3) is 0 Å². The van der Waals surface area contributed by atoms with E-state index in [4.69, 9.17) is 9.40 Å². The quantitative estimate of drug-likeness (QED) is 0.165. The maximum atomic E-state index is 6.58. The Labute approximate surface area is 334 Å². The molecule has 3 aromatic heterocycles. The SMILES string of the molecule is c1ccc(-c2c3c(cc4c(-c5ccc(-c6ccc(-c7ccc8c9ccccc9n(-c9ccccc9)c8c7)cc6)cc5)nc5ccccc5c24)oc2ccccc23)cc1. The molecular formula is C55H34N2O. The van der Waals surface area contributed by atoms with Crippen LogP contribution in [0.2, 0.25) is 0 Å². The van der Waals surface area contributed by atoms with Crippen LogP contribution in [0.1, 0.15) is 0 Å². The van der Waals surface area contributed by atoms with E-state index in [-0.39, 0.29) is 0 Å². The van der Waals surface area contributed by atoms with Crippen molar-refractivity contribution in [3.63, 3.8) is 0 Å². The Morgan fingerprint density at radius 3 is 1.67 bits per heavy atom. The predicted molar refractivity (Wildman–Crippen MR) is 243 cm³/mol. The second kappa shape index (κ2) is 12.9. The molecule has 0 saturated carbocycles. The first-order valence-corrected chi connectivity index (χ1v) is 19.8. The number of rotatable bonds is 5. The van der Waals surface area contributed by atoms with Gasteiger partial charge in [-0.15, -0.1) is 0 Å². The summed E-state index contributed by atoms with van der Waals surface area (Å²) in [5.74, 6) is 0. The Kier molecular flexibility index (Phi) is 7.23. The molecule has 3 heterocycles. The minimum Gasteiger partial charge on any atom is -0.456 e. The number of hydrogen-bond donors (Lipinski definition) is 0. The molecule has 12 aromatic rings. The summed E-state index contributed by atoms with van der Waals surface area (Å²) < 4.78 is 8.95. The van der Waals surface area contributed by atoms with Crippen molar-refractivity contribution in [3.8, 4) is 50.3 Å². The van der Waals surface area contributed by atoms with Crippen molar-refractivity contribution in [2.45, 2.75) is 0 Å². The molecule has 0 fully saturated rings. The van der Waals surface area contributed by atoms with Crippen molar-refractivity contribution in [3.05, 3.63) is 206 Å². The highest BCUT2D eigenvalue weighted by molar-refractivity contribution is 6.27. The summed E-state index contributed by atoms with van der Waals surface area (Å²) in [6, 6.07) is 73.7. The van der Waals surface area contributed by atoms with E-state index in [1.54, 1.807) is 0 Å². The average molecular weight is 739 g/mol. The Balaban J connectivity index is 0.960. The second-order valence-corrected chi connectivity index (χ2v) is 15.1. The fraction of sp³-hybridized carbons (Fsp3) is 0. The lowest BCUT2D eigenvalue weighted by atomic mass is 9.89. The van der Waals surface area contributed by atoms with Gasteiger partial charge in [-0.05, 0) is 70.3 Å². The van der Waals surface area contributed by atoms with Gasteiger partial charge in [0.05, 0.1) is 22.2 Å². The van der Waals surface area contributed by atoms with Crippen LogP contribution in [0.5, 0.6) is 0 Å². The highest BCUT2D eigenvalue weighted by atomic mass is 16.3. The number of para-hydroxylation sites is 4. The molecule has 0 amide bonds. The highest BCUT2D eigenvalue weighted by Gasteiger charge is 2.21. The van der Waals surface area contributed by atoms with E-state index >= 15 is 0 Å². The highest BCUT2D eigenvalue weighted by Crippen LogP contribution is 2.46. The summed E-state index contributed by atoms with van der Waals surface area (Å²) in [6.45, 7) is 0. The molecule has 0 unspecified atom stereocenters. The first kappa shape index (κ1) is 32.5. The van der Waals surface area contributed by atoms with Gasteiger partial charge in [0.2, 0.25) is 0 Å². The van der Waals surface area contributed by atoms with E-state index in [1.807, 2.05) is 6.07 Å². The Hall–Kier alpha value is -7.75. The number of benzene rings is 9. The largest absolute Gasteiger partial charge is 0.456 e. The van der Waals surface area contributed by atoms with Crippen LogP contribution in [0.25, 0.3) is 116 Å².